The van der Waals surface area contributed by atoms with Gasteiger partial charge in [0.15, 0.2) is 0 Å². The van der Waals surface area contributed by atoms with Gasteiger partial charge in [0.05, 0.1) is 5.56 Å². The summed E-state index contributed by atoms with van der Waals surface area (Å²) in [6, 6.07) is 3.47. The molecule has 10 heteroatoms. The third-order valence-corrected chi connectivity index (χ3v) is 4.55. The number of aromatic amines is 1. The maximum atomic E-state index is 13.3. The molecular formula is C16H20ClF3N4O2. The van der Waals surface area contributed by atoms with Crippen molar-refractivity contribution < 1.29 is 17.6 Å². The highest BCUT2D eigenvalue weighted by atomic mass is 35.5. The summed E-state index contributed by atoms with van der Waals surface area (Å²) in [6.45, 7) is 0.605. The van der Waals surface area contributed by atoms with Crippen molar-refractivity contribution in [2.24, 2.45) is 11.7 Å². The normalized spacial score (nSPS) is 20.5. The Hall–Kier alpha value is -2.00. The lowest BCUT2D eigenvalue weighted by Gasteiger charge is -2.30. The molecule has 1 aromatic carbocycles. The van der Waals surface area contributed by atoms with Crippen molar-refractivity contribution >= 4 is 18.1 Å². The SMILES string of the molecule is Cl.NCC1CCC(Nc2cc(-c3n[nH]c(=O)o3)ccc2C(F)(F)F)CC1. The van der Waals surface area contributed by atoms with Crippen molar-refractivity contribution in [3.63, 3.8) is 0 Å². The molecule has 0 aliphatic heterocycles. The Kier molecular flexibility index (Phi) is 6.35. The van der Waals surface area contributed by atoms with E-state index < -0.39 is 17.5 Å². The molecule has 6 nitrogen and oxygen atoms in total. The predicted molar refractivity (Wildman–Crippen MR) is 93.2 cm³/mol. The van der Waals surface area contributed by atoms with Gasteiger partial charge in [0.2, 0.25) is 5.89 Å². The number of hydrogen-bond acceptors (Lipinski definition) is 5. The maximum absolute atomic E-state index is 13.3. The lowest BCUT2D eigenvalue weighted by atomic mass is 9.86. The van der Waals surface area contributed by atoms with Crippen LogP contribution in [0.3, 0.4) is 0 Å². The monoisotopic (exact) mass is 392 g/mol. The van der Waals surface area contributed by atoms with E-state index in [0.717, 1.165) is 31.7 Å². The fourth-order valence-corrected chi connectivity index (χ4v) is 3.16. The van der Waals surface area contributed by atoms with Gasteiger partial charge in [-0.2, -0.15) is 13.2 Å². The molecule has 1 fully saturated rings. The quantitative estimate of drug-likeness (QED) is 0.741. The predicted octanol–water partition coefficient (Wildman–Crippen LogP) is 3.40. The van der Waals surface area contributed by atoms with Crippen LogP contribution in [-0.4, -0.2) is 22.8 Å². The van der Waals surface area contributed by atoms with Gasteiger partial charge in [-0.25, -0.2) is 9.89 Å². The third-order valence-electron chi connectivity index (χ3n) is 4.55. The summed E-state index contributed by atoms with van der Waals surface area (Å²) in [5, 5.41) is 8.76. The molecule has 0 saturated heterocycles. The molecule has 0 amide bonds. The number of alkyl halides is 3. The number of hydrogen-bond donors (Lipinski definition) is 3. The number of H-pyrrole nitrogens is 1. The fourth-order valence-electron chi connectivity index (χ4n) is 3.16. The van der Waals surface area contributed by atoms with Crippen LogP contribution in [-0.2, 0) is 6.18 Å². The molecule has 1 heterocycles. The van der Waals surface area contributed by atoms with Gasteiger partial charge in [0, 0.05) is 17.3 Å². The first-order chi connectivity index (χ1) is 11.9. The van der Waals surface area contributed by atoms with Crippen LogP contribution in [0, 0.1) is 5.92 Å². The van der Waals surface area contributed by atoms with Gasteiger partial charge in [-0.05, 0) is 56.3 Å². The van der Waals surface area contributed by atoms with Crippen molar-refractivity contribution in [1.82, 2.24) is 10.2 Å². The first kappa shape index (κ1) is 20.3. The van der Waals surface area contributed by atoms with Gasteiger partial charge in [0.1, 0.15) is 0 Å². The average molecular weight is 393 g/mol. The van der Waals surface area contributed by atoms with Crippen LogP contribution in [0.4, 0.5) is 18.9 Å². The lowest BCUT2D eigenvalue weighted by molar-refractivity contribution is -0.137. The molecule has 1 aliphatic rings. The lowest BCUT2D eigenvalue weighted by Crippen LogP contribution is -2.29. The van der Waals surface area contributed by atoms with Crippen molar-refractivity contribution in [2.45, 2.75) is 37.9 Å². The molecule has 1 aliphatic carbocycles. The number of nitrogens with one attached hydrogen (secondary N) is 2. The van der Waals surface area contributed by atoms with Gasteiger partial charge in [-0.3, -0.25) is 0 Å². The number of benzene rings is 1. The molecule has 3 rings (SSSR count). The van der Waals surface area contributed by atoms with Crippen LogP contribution in [0.5, 0.6) is 0 Å². The van der Waals surface area contributed by atoms with E-state index in [1.54, 1.807) is 0 Å². The zero-order valence-electron chi connectivity index (χ0n) is 13.8. The minimum atomic E-state index is -4.48. The topological polar surface area (TPSA) is 96.9 Å². The van der Waals surface area contributed by atoms with E-state index in [9.17, 15) is 18.0 Å². The van der Waals surface area contributed by atoms with Gasteiger partial charge < -0.3 is 15.5 Å². The maximum Gasteiger partial charge on any atom is 0.434 e. The van der Waals surface area contributed by atoms with Gasteiger partial charge in [0.25, 0.3) is 0 Å². The Morgan fingerprint density at radius 3 is 2.50 bits per heavy atom. The minimum absolute atomic E-state index is 0. The van der Waals surface area contributed by atoms with E-state index in [2.05, 4.69) is 15.5 Å². The molecule has 1 saturated carbocycles. The number of halogens is 4. The van der Waals surface area contributed by atoms with Gasteiger partial charge in [-0.15, -0.1) is 17.5 Å². The Labute approximate surface area is 153 Å². The number of nitrogens with two attached hydrogens (primary N) is 1. The first-order valence-electron chi connectivity index (χ1n) is 8.10. The molecule has 1 aromatic heterocycles. The minimum Gasteiger partial charge on any atom is -0.388 e. The second-order valence-electron chi connectivity index (χ2n) is 6.27. The Bertz CT molecular complexity index is 782. The van der Waals surface area contributed by atoms with Gasteiger partial charge in [-0.1, -0.05) is 0 Å². The summed E-state index contributed by atoms with van der Waals surface area (Å²) < 4.78 is 44.7. The van der Waals surface area contributed by atoms with Crippen LogP contribution in [0.15, 0.2) is 27.4 Å². The van der Waals surface area contributed by atoms with Crippen LogP contribution >= 0.6 is 12.4 Å². The van der Waals surface area contributed by atoms with E-state index >= 15 is 0 Å². The molecule has 0 spiro atoms. The second kappa shape index (κ2) is 8.13. The highest BCUT2D eigenvalue weighted by molar-refractivity contribution is 5.85. The molecule has 0 radical (unpaired) electrons. The number of nitrogens with zero attached hydrogens (tertiary/aromatic N) is 1. The van der Waals surface area contributed by atoms with E-state index in [1.807, 2.05) is 0 Å². The molecule has 2 aromatic rings. The van der Waals surface area contributed by atoms with Gasteiger partial charge >= 0.3 is 11.9 Å². The van der Waals surface area contributed by atoms with Crippen LogP contribution < -0.4 is 16.8 Å². The summed E-state index contributed by atoms with van der Waals surface area (Å²) in [7, 11) is 0. The number of rotatable bonds is 4. The second-order valence-corrected chi connectivity index (χ2v) is 6.27. The molecule has 0 atom stereocenters. The van der Waals surface area contributed by atoms with Crippen molar-refractivity contribution in [1.29, 1.82) is 0 Å². The molecule has 0 unspecified atom stereocenters. The van der Waals surface area contributed by atoms with Crippen molar-refractivity contribution in [2.75, 3.05) is 11.9 Å². The number of anilines is 1. The highest BCUT2D eigenvalue weighted by Crippen LogP contribution is 2.38. The summed E-state index contributed by atoms with van der Waals surface area (Å²) in [4.78, 5) is 11.1. The standard InChI is InChI=1S/C16H19F3N4O2.ClH/c17-16(18,19)12-6-3-10(14-22-23-15(24)25-14)7-13(12)21-11-4-1-9(8-20)2-5-11;/h3,6-7,9,11,21H,1-2,4-5,8,20H2,(H,23,24);1H. The molecule has 4 N–H and O–H groups in total. The molecule has 0 bridgehead atoms. The van der Waals surface area contributed by atoms with E-state index in [-0.39, 0.29) is 30.0 Å². The zero-order valence-corrected chi connectivity index (χ0v) is 14.6. The Morgan fingerprint density at radius 1 is 1.27 bits per heavy atom. The van der Waals surface area contributed by atoms with E-state index in [1.165, 1.54) is 12.1 Å². The first-order valence-corrected chi connectivity index (χ1v) is 8.10. The fraction of sp³-hybridized carbons (Fsp3) is 0.500. The van der Waals surface area contributed by atoms with Crippen molar-refractivity contribution in [3.05, 3.63) is 34.3 Å². The molecule has 144 valence electrons. The summed E-state index contributed by atoms with van der Waals surface area (Å²) in [5.41, 5.74) is 5.16. The largest absolute Gasteiger partial charge is 0.434 e. The Morgan fingerprint density at radius 2 is 1.96 bits per heavy atom. The van der Waals surface area contributed by atoms with E-state index in [4.69, 9.17) is 10.2 Å². The summed E-state index contributed by atoms with van der Waals surface area (Å²) in [5.74, 6) is -0.372. The molecular weight excluding hydrogens is 373 g/mol. The summed E-state index contributed by atoms with van der Waals surface area (Å²) >= 11 is 0. The van der Waals surface area contributed by atoms with Crippen LogP contribution in [0.25, 0.3) is 11.5 Å². The average Bonchev–Trinajstić information content (AvgIpc) is 3.01. The Balaban J connectivity index is 0.00000243. The van der Waals surface area contributed by atoms with Crippen LogP contribution in [0.1, 0.15) is 31.2 Å². The number of aromatic nitrogens is 2. The van der Waals surface area contributed by atoms with Crippen LogP contribution in [0.2, 0.25) is 0 Å². The third kappa shape index (κ3) is 4.59. The van der Waals surface area contributed by atoms with E-state index in [0.29, 0.717) is 18.0 Å². The van der Waals surface area contributed by atoms with Crippen molar-refractivity contribution in [3.8, 4) is 11.5 Å². The highest BCUT2D eigenvalue weighted by Gasteiger charge is 2.34. The smallest absolute Gasteiger partial charge is 0.388 e. The molecule has 26 heavy (non-hydrogen) atoms. The zero-order chi connectivity index (χ0) is 18.0. The summed E-state index contributed by atoms with van der Waals surface area (Å²) in [6.07, 6.45) is -1.17.